The summed E-state index contributed by atoms with van der Waals surface area (Å²) in [6, 6.07) is 0. The van der Waals surface area contributed by atoms with Crippen LogP contribution in [-0.2, 0) is 9.36 Å². The highest BCUT2D eigenvalue weighted by Gasteiger charge is 2.30. The molecule has 54 valence electrons. The van der Waals surface area contributed by atoms with E-state index >= 15 is 0 Å². The zero-order chi connectivity index (χ0) is 7.65. The summed E-state index contributed by atoms with van der Waals surface area (Å²) >= 11 is 0. The molecular weight excluding hydrogens is 147 g/mol. The largest absolute Gasteiger partial charge is 0.481 e. The van der Waals surface area contributed by atoms with Gasteiger partial charge in [0.15, 0.2) is 5.66 Å². The Labute approximate surface area is 51.5 Å². The van der Waals surface area contributed by atoms with Gasteiger partial charge in [-0.15, -0.1) is 0 Å². The molecule has 0 aromatic rings. The Balaban J connectivity index is 4.23. The lowest BCUT2D eigenvalue weighted by Crippen LogP contribution is -2.15. The van der Waals surface area contributed by atoms with E-state index in [4.69, 9.17) is 14.9 Å². The highest BCUT2D eigenvalue weighted by atomic mass is 31.2. The number of carboxylic acid groups (broad SMARTS) is 1. The molecule has 0 rings (SSSR count). The Kier molecular flexibility index (Phi) is 2.37. The van der Waals surface area contributed by atoms with Crippen molar-refractivity contribution in [1.29, 1.82) is 0 Å². The smallest absolute Gasteiger partial charge is 0.339 e. The molecule has 0 bridgehead atoms. The van der Waals surface area contributed by atoms with Crippen LogP contribution in [-0.4, -0.2) is 26.5 Å². The van der Waals surface area contributed by atoms with Crippen molar-refractivity contribution in [2.24, 2.45) is 0 Å². The van der Waals surface area contributed by atoms with Gasteiger partial charge in [0.05, 0.1) is 0 Å². The molecule has 3 N–H and O–H groups in total. The number of rotatable bonds is 2. The van der Waals surface area contributed by atoms with Crippen LogP contribution >= 0.6 is 7.60 Å². The van der Waals surface area contributed by atoms with Gasteiger partial charge in [-0.05, 0) is 6.92 Å². The van der Waals surface area contributed by atoms with E-state index in [1.807, 2.05) is 0 Å². The van der Waals surface area contributed by atoms with Crippen LogP contribution in [0, 0.1) is 0 Å². The van der Waals surface area contributed by atoms with Crippen LogP contribution in [0.1, 0.15) is 6.92 Å². The second-order valence-electron chi connectivity index (χ2n) is 1.60. The van der Waals surface area contributed by atoms with Gasteiger partial charge in [0.25, 0.3) is 0 Å². The maximum absolute atomic E-state index is 10.1. The maximum Gasteiger partial charge on any atom is 0.339 e. The summed E-state index contributed by atoms with van der Waals surface area (Å²) in [5.74, 6) is -1.48. The fourth-order valence-corrected chi connectivity index (χ4v) is 0.432. The molecule has 0 aliphatic heterocycles. The summed E-state index contributed by atoms with van der Waals surface area (Å²) in [7, 11) is -4.41. The van der Waals surface area contributed by atoms with Crippen molar-refractivity contribution >= 4 is 13.6 Å². The van der Waals surface area contributed by atoms with E-state index in [9.17, 15) is 9.36 Å². The predicted molar refractivity (Wildman–Crippen MR) is 29.1 cm³/mol. The second kappa shape index (κ2) is 2.47. The minimum absolute atomic E-state index is 0.961. The van der Waals surface area contributed by atoms with Gasteiger partial charge >= 0.3 is 13.6 Å². The van der Waals surface area contributed by atoms with Crippen LogP contribution in [0.25, 0.3) is 0 Å². The van der Waals surface area contributed by atoms with Gasteiger partial charge in [-0.1, -0.05) is 0 Å². The standard InChI is InChI=1S/C3H7O5P/c1-2(3(4)5)9(6,7)8/h2H,1H3,(H,4,5)(H2,6,7,8). The summed E-state index contributed by atoms with van der Waals surface area (Å²) < 4.78 is 10.1. The molecule has 0 aromatic heterocycles. The van der Waals surface area contributed by atoms with Gasteiger partial charge in [0.2, 0.25) is 0 Å². The van der Waals surface area contributed by atoms with E-state index in [0.717, 1.165) is 6.92 Å². The normalized spacial score (nSPS) is 15.0. The van der Waals surface area contributed by atoms with E-state index in [2.05, 4.69) is 0 Å². The zero-order valence-electron chi connectivity index (χ0n) is 4.68. The average Bonchev–Trinajstić information content (AvgIpc) is 1.62. The number of hydrogen-bond acceptors (Lipinski definition) is 2. The Hall–Kier alpha value is -0.380. The van der Waals surface area contributed by atoms with E-state index < -0.39 is 19.2 Å². The van der Waals surface area contributed by atoms with Gasteiger partial charge in [-0.25, -0.2) is 0 Å². The third-order valence-corrected chi connectivity index (χ3v) is 2.09. The van der Waals surface area contributed by atoms with Gasteiger partial charge in [0, 0.05) is 0 Å². The number of hydrogen-bond donors (Lipinski definition) is 3. The number of carboxylic acids is 1. The van der Waals surface area contributed by atoms with E-state index in [-0.39, 0.29) is 0 Å². The third-order valence-electron chi connectivity index (χ3n) is 0.862. The molecule has 0 aliphatic rings. The molecule has 1 atom stereocenters. The minimum Gasteiger partial charge on any atom is -0.481 e. The van der Waals surface area contributed by atoms with Crippen LogP contribution in [0.2, 0.25) is 0 Å². The van der Waals surface area contributed by atoms with Crippen LogP contribution < -0.4 is 0 Å². The highest BCUT2D eigenvalue weighted by molar-refractivity contribution is 7.53. The van der Waals surface area contributed by atoms with Crippen molar-refractivity contribution in [3.63, 3.8) is 0 Å². The first kappa shape index (κ1) is 8.62. The van der Waals surface area contributed by atoms with Crippen LogP contribution in [0.5, 0.6) is 0 Å². The molecule has 6 heteroatoms. The van der Waals surface area contributed by atoms with Crippen molar-refractivity contribution in [1.82, 2.24) is 0 Å². The van der Waals surface area contributed by atoms with Crippen LogP contribution in [0.4, 0.5) is 0 Å². The first-order chi connectivity index (χ1) is 3.85. The summed E-state index contributed by atoms with van der Waals surface area (Å²) in [4.78, 5) is 26.2. The lowest BCUT2D eigenvalue weighted by molar-refractivity contribution is -0.136. The first-order valence-corrected chi connectivity index (χ1v) is 3.82. The number of aliphatic carboxylic acids is 1. The van der Waals surface area contributed by atoms with Crippen LogP contribution in [0.3, 0.4) is 0 Å². The van der Waals surface area contributed by atoms with Crippen molar-refractivity contribution in [3.8, 4) is 0 Å². The fourth-order valence-electron chi connectivity index (χ4n) is 0.144. The van der Waals surface area contributed by atoms with Gasteiger partial charge in [-0.2, -0.15) is 0 Å². The zero-order valence-corrected chi connectivity index (χ0v) is 5.58. The SMILES string of the molecule is CC(C(=O)O)P(=O)(O)O. The predicted octanol–water partition coefficient (Wildman–Crippen LogP) is -0.363. The lowest BCUT2D eigenvalue weighted by Gasteiger charge is -2.06. The third kappa shape index (κ3) is 2.60. The Morgan fingerprint density at radius 3 is 1.89 bits per heavy atom. The molecule has 0 spiro atoms. The molecule has 0 saturated heterocycles. The molecule has 0 heterocycles. The monoisotopic (exact) mass is 154 g/mol. The van der Waals surface area contributed by atoms with Crippen molar-refractivity contribution < 1.29 is 24.3 Å². The van der Waals surface area contributed by atoms with Crippen molar-refractivity contribution in [2.75, 3.05) is 0 Å². The van der Waals surface area contributed by atoms with E-state index in [0.29, 0.717) is 0 Å². The highest BCUT2D eigenvalue weighted by Crippen LogP contribution is 2.40. The molecular formula is C3H7O5P. The molecule has 9 heavy (non-hydrogen) atoms. The quantitative estimate of drug-likeness (QED) is 0.472. The average molecular weight is 154 g/mol. The number of carbonyl (C=O) groups is 1. The molecule has 5 nitrogen and oxygen atoms in total. The minimum atomic E-state index is -4.41. The summed E-state index contributed by atoms with van der Waals surface area (Å²) in [5.41, 5.74) is -1.60. The molecule has 0 amide bonds. The Morgan fingerprint density at radius 2 is 1.89 bits per heavy atom. The molecule has 0 aliphatic carbocycles. The van der Waals surface area contributed by atoms with E-state index in [1.165, 1.54) is 0 Å². The van der Waals surface area contributed by atoms with Gasteiger partial charge in [0.1, 0.15) is 0 Å². The summed E-state index contributed by atoms with van der Waals surface area (Å²) in [5, 5.41) is 8.03. The fraction of sp³-hybridized carbons (Fsp3) is 0.667. The van der Waals surface area contributed by atoms with Crippen LogP contribution in [0.15, 0.2) is 0 Å². The molecule has 0 aromatic carbocycles. The Bertz CT molecular complexity index is 158. The topological polar surface area (TPSA) is 94.8 Å². The Morgan fingerprint density at radius 1 is 1.56 bits per heavy atom. The molecule has 0 fully saturated rings. The van der Waals surface area contributed by atoms with Gasteiger partial charge < -0.3 is 14.9 Å². The molecule has 0 radical (unpaired) electrons. The van der Waals surface area contributed by atoms with E-state index in [1.54, 1.807) is 0 Å². The molecule has 0 saturated carbocycles. The maximum atomic E-state index is 10.1. The van der Waals surface area contributed by atoms with Gasteiger partial charge in [-0.3, -0.25) is 9.36 Å². The van der Waals surface area contributed by atoms with Crippen molar-refractivity contribution in [3.05, 3.63) is 0 Å². The van der Waals surface area contributed by atoms with Crippen molar-refractivity contribution in [2.45, 2.75) is 12.6 Å². The lowest BCUT2D eigenvalue weighted by atomic mass is 10.5. The molecule has 1 unspecified atom stereocenters. The summed E-state index contributed by atoms with van der Waals surface area (Å²) in [6.07, 6.45) is 0. The first-order valence-electron chi connectivity index (χ1n) is 2.13. The summed E-state index contributed by atoms with van der Waals surface area (Å²) in [6.45, 7) is 0.961. The second-order valence-corrected chi connectivity index (χ2v) is 3.56.